The summed E-state index contributed by atoms with van der Waals surface area (Å²) in [5.74, 6) is 0.545. The van der Waals surface area contributed by atoms with Crippen LogP contribution in [-0.2, 0) is 10.8 Å². The van der Waals surface area contributed by atoms with Gasteiger partial charge in [0.25, 0.3) is 0 Å². The Morgan fingerprint density at radius 1 is 1.17 bits per heavy atom. The summed E-state index contributed by atoms with van der Waals surface area (Å²) in [5, 5.41) is 3.93. The van der Waals surface area contributed by atoms with E-state index in [1.807, 2.05) is 24.3 Å². The van der Waals surface area contributed by atoms with Crippen LogP contribution in [0.15, 0.2) is 47.1 Å². The van der Waals surface area contributed by atoms with Gasteiger partial charge in [0.1, 0.15) is 9.04 Å². The highest BCUT2D eigenvalue weighted by Crippen LogP contribution is 2.44. The number of aromatic nitrogens is 4. The van der Waals surface area contributed by atoms with Crippen LogP contribution in [0.1, 0.15) is 19.3 Å². The fourth-order valence-corrected chi connectivity index (χ4v) is 6.66. The second kappa shape index (κ2) is 7.73. The smallest absolute Gasteiger partial charge is 0.222 e. The molecule has 1 saturated carbocycles. The van der Waals surface area contributed by atoms with E-state index in [-0.39, 0.29) is 5.25 Å². The van der Waals surface area contributed by atoms with Crippen molar-refractivity contribution in [2.75, 3.05) is 18.1 Å². The summed E-state index contributed by atoms with van der Waals surface area (Å²) in [6.45, 7) is 0. The first-order valence-corrected chi connectivity index (χ1v) is 11.7. The highest BCUT2D eigenvalue weighted by Gasteiger charge is 2.29. The minimum absolute atomic E-state index is 0.195. The summed E-state index contributed by atoms with van der Waals surface area (Å²) < 4.78 is 13.8. The summed E-state index contributed by atoms with van der Waals surface area (Å²) >= 11 is 1.42. The van der Waals surface area contributed by atoms with E-state index in [9.17, 15) is 4.21 Å². The Hall–Kier alpha value is -2.91. The standard InChI is InChI=1S/C21H20N6OS2/c1-23-21-25-10-12(11-26-21)16-9-14(15-7-2-3-8-24-15)17-18(22)20(29-19(17)27-16)30(28)13-5-4-6-13/h2-3,7-11,13H,4-6,22H2,1H3,(H,23,25,26). The molecule has 4 aromatic heterocycles. The lowest BCUT2D eigenvalue weighted by Crippen LogP contribution is -2.23. The van der Waals surface area contributed by atoms with Crippen molar-refractivity contribution in [3.63, 3.8) is 0 Å². The molecule has 7 nitrogen and oxygen atoms in total. The van der Waals surface area contributed by atoms with Crippen LogP contribution >= 0.6 is 11.3 Å². The molecule has 0 spiro atoms. The third-order valence-corrected chi connectivity index (χ3v) is 8.61. The van der Waals surface area contributed by atoms with Crippen LogP contribution in [0.4, 0.5) is 11.6 Å². The zero-order valence-corrected chi connectivity index (χ0v) is 18.0. The van der Waals surface area contributed by atoms with E-state index in [1.165, 1.54) is 11.3 Å². The molecule has 0 radical (unpaired) electrons. The molecule has 152 valence electrons. The Labute approximate surface area is 180 Å². The molecule has 5 rings (SSSR count). The Morgan fingerprint density at radius 2 is 1.97 bits per heavy atom. The van der Waals surface area contributed by atoms with Crippen LogP contribution in [0.3, 0.4) is 0 Å². The molecule has 9 heteroatoms. The number of fused-ring (bicyclic) bond motifs is 1. The zero-order valence-electron chi connectivity index (χ0n) is 16.3. The van der Waals surface area contributed by atoms with Crippen LogP contribution in [-0.4, -0.2) is 36.4 Å². The van der Waals surface area contributed by atoms with Gasteiger partial charge in [0.2, 0.25) is 5.95 Å². The highest BCUT2D eigenvalue weighted by molar-refractivity contribution is 7.88. The molecule has 0 bridgehead atoms. The highest BCUT2D eigenvalue weighted by atomic mass is 32.2. The van der Waals surface area contributed by atoms with E-state index in [0.717, 1.165) is 56.2 Å². The van der Waals surface area contributed by atoms with Gasteiger partial charge in [-0.25, -0.2) is 15.0 Å². The lowest BCUT2D eigenvalue weighted by atomic mass is 10.0. The van der Waals surface area contributed by atoms with Gasteiger partial charge in [-0.3, -0.25) is 9.19 Å². The van der Waals surface area contributed by atoms with Crippen molar-refractivity contribution < 1.29 is 4.21 Å². The van der Waals surface area contributed by atoms with Gasteiger partial charge < -0.3 is 11.1 Å². The topological polar surface area (TPSA) is 107 Å². The first-order chi connectivity index (χ1) is 14.7. The van der Waals surface area contributed by atoms with Crippen LogP contribution in [0.2, 0.25) is 0 Å². The maximum absolute atomic E-state index is 13.1. The van der Waals surface area contributed by atoms with Crippen LogP contribution in [0, 0.1) is 0 Å². The van der Waals surface area contributed by atoms with Crippen molar-refractivity contribution in [3.8, 4) is 22.5 Å². The van der Waals surface area contributed by atoms with Gasteiger partial charge in [0, 0.05) is 47.4 Å². The fraction of sp³-hybridized carbons (Fsp3) is 0.238. The van der Waals surface area contributed by atoms with Crippen molar-refractivity contribution in [1.82, 2.24) is 19.9 Å². The fourth-order valence-electron chi connectivity index (χ4n) is 3.45. The predicted molar refractivity (Wildman–Crippen MR) is 122 cm³/mol. The largest absolute Gasteiger partial charge is 0.396 e. The lowest BCUT2D eigenvalue weighted by molar-refractivity contribution is 0.505. The van der Waals surface area contributed by atoms with E-state index in [0.29, 0.717) is 11.6 Å². The number of pyridine rings is 2. The molecule has 3 N–H and O–H groups in total. The molecule has 1 aliphatic rings. The Balaban J connectivity index is 1.72. The van der Waals surface area contributed by atoms with Crippen molar-refractivity contribution in [2.45, 2.75) is 28.7 Å². The number of nitrogens with one attached hydrogen (secondary N) is 1. The van der Waals surface area contributed by atoms with Crippen LogP contribution in [0.5, 0.6) is 0 Å². The number of nitrogen functional groups attached to an aromatic ring is 1. The van der Waals surface area contributed by atoms with Gasteiger partial charge in [0.15, 0.2) is 0 Å². The molecule has 0 saturated heterocycles. The molecular formula is C21H20N6OS2. The van der Waals surface area contributed by atoms with Crippen LogP contribution < -0.4 is 11.1 Å². The zero-order chi connectivity index (χ0) is 20.7. The second-order valence-corrected chi connectivity index (χ2v) is 10.1. The molecule has 4 aromatic rings. The second-order valence-electron chi connectivity index (χ2n) is 7.15. The van der Waals surface area contributed by atoms with Gasteiger partial charge in [-0.15, -0.1) is 11.3 Å². The summed E-state index contributed by atoms with van der Waals surface area (Å²) in [6.07, 6.45) is 8.33. The number of nitrogens with zero attached hydrogens (tertiary/aromatic N) is 4. The summed E-state index contributed by atoms with van der Waals surface area (Å²) in [4.78, 5) is 18.7. The van der Waals surface area contributed by atoms with Gasteiger partial charge in [-0.2, -0.15) is 0 Å². The Kier molecular flexibility index (Phi) is 4.92. The molecule has 1 fully saturated rings. The van der Waals surface area contributed by atoms with Gasteiger partial charge in [-0.1, -0.05) is 12.5 Å². The lowest BCUT2D eigenvalue weighted by Gasteiger charge is -2.23. The number of hydrogen-bond donors (Lipinski definition) is 2. The van der Waals surface area contributed by atoms with E-state index in [1.54, 1.807) is 25.6 Å². The van der Waals surface area contributed by atoms with Crippen molar-refractivity contribution in [2.24, 2.45) is 0 Å². The number of hydrogen-bond acceptors (Lipinski definition) is 8. The van der Waals surface area contributed by atoms with Crippen molar-refractivity contribution in [1.29, 1.82) is 0 Å². The quantitative estimate of drug-likeness (QED) is 0.485. The van der Waals surface area contributed by atoms with Crippen molar-refractivity contribution in [3.05, 3.63) is 42.9 Å². The molecule has 1 aliphatic carbocycles. The monoisotopic (exact) mass is 436 g/mol. The predicted octanol–water partition coefficient (Wildman–Crippen LogP) is 4.10. The molecule has 0 amide bonds. The first-order valence-electron chi connectivity index (χ1n) is 9.71. The molecule has 0 aromatic carbocycles. The van der Waals surface area contributed by atoms with Crippen LogP contribution in [0.25, 0.3) is 32.7 Å². The molecule has 30 heavy (non-hydrogen) atoms. The SMILES string of the molecule is CNc1ncc(-c2cc(-c3ccccn3)c3c(N)c(S(=O)C4CCC4)sc3n2)cn1. The summed E-state index contributed by atoms with van der Waals surface area (Å²) in [5.41, 5.74) is 10.3. The maximum atomic E-state index is 13.1. The normalized spacial score (nSPS) is 15.1. The number of anilines is 2. The van der Waals surface area contributed by atoms with Gasteiger partial charge >= 0.3 is 0 Å². The Bertz CT molecular complexity index is 1240. The number of nitrogens with two attached hydrogens (primary N) is 1. The Morgan fingerprint density at radius 3 is 2.60 bits per heavy atom. The van der Waals surface area contributed by atoms with Gasteiger partial charge in [0.05, 0.1) is 27.9 Å². The molecular weight excluding hydrogens is 416 g/mol. The van der Waals surface area contributed by atoms with E-state index in [2.05, 4.69) is 20.3 Å². The summed E-state index contributed by atoms with van der Waals surface area (Å²) in [6, 6.07) is 7.72. The third kappa shape index (κ3) is 3.23. The molecule has 4 heterocycles. The average Bonchev–Trinajstić information content (AvgIpc) is 3.09. The minimum atomic E-state index is -1.11. The minimum Gasteiger partial charge on any atom is -0.396 e. The third-order valence-electron chi connectivity index (χ3n) is 5.31. The average molecular weight is 437 g/mol. The van der Waals surface area contributed by atoms with E-state index < -0.39 is 10.8 Å². The first kappa shape index (κ1) is 19.1. The van der Waals surface area contributed by atoms with Crippen molar-refractivity contribution >= 4 is 44.0 Å². The number of rotatable bonds is 5. The van der Waals surface area contributed by atoms with Gasteiger partial charge in [-0.05, 0) is 31.0 Å². The van der Waals surface area contributed by atoms with E-state index >= 15 is 0 Å². The molecule has 0 aliphatic heterocycles. The molecule has 1 atom stereocenters. The number of thiophene rings is 1. The molecule has 1 unspecified atom stereocenters. The van der Waals surface area contributed by atoms with E-state index in [4.69, 9.17) is 10.7 Å². The summed E-state index contributed by atoms with van der Waals surface area (Å²) in [7, 11) is 0.669. The maximum Gasteiger partial charge on any atom is 0.222 e.